The number of methoxy groups -OCH3 is 1. The fraction of sp³-hybridized carbons (Fsp3) is 0.300. The molecule has 1 aliphatic rings. The second-order valence-corrected chi connectivity index (χ2v) is 7.79. The summed E-state index contributed by atoms with van der Waals surface area (Å²) in [5.74, 6) is -0.287. The Labute approximate surface area is 165 Å². The summed E-state index contributed by atoms with van der Waals surface area (Å²) in [5.41, 5.74) is 1.59. The van der Waals surface area contributed by atoms with E-state index >= 15 is 0 Å². The maximum Gasteiger partial charge on any atom is 0.344 e. The number of carbonyl (C=O) groups is 1. The number of piperidine rings is 1. The minimum absolute atomic E-state index is 0.0155. The molecule has 0 unspecified atom stereocenters. The Bertz CT molecular complexity index is 1010. The van der Waals surface area contributed by atoms with Crippen LogP contribution in [0.4, 0.5) is 11.4 Å². The van der Waals surface area contributed by atoms with Gasteiger partial charge in [-0.3, -0.25) is 10.1 Å². The fourth-order valence-corrected chi connectivity index (χ4v) is 4.74. The summed E-state index contributed by atoms with van der Waals surface area (Å²) >= 11 is 1.75. The zero-order valence-electron chi connectivity index (χ0n) is 15.3. The number of esters is 1. The van der Waals surface area contributed by atoms with Crippen LogP contribution in [-0.2, 0) is 4.74 Å². The molecule has 1 fully saturated rings. The molecule has 2 aromatic carbocycles. The summed E-state index contributed by atoms with van der Waals surface area (Å²) in [5, 5.41) is 12.3. The number of rotatable bonds is 4. The van der Waals surface area contributed by atoms with Crippen molar-refractivity contribution >= 4 is 38.9 Å². The Morgan fingerprint density at radius 3 is 2.68 bits per heavy atom. The maximum atomic E-state index is 11.9. The van der Waals surface area contributed by atoms with Gasteiger partial charge in [0.05, 0.1) is 27.3 Å². The minimum Gasteiger partial charge on any atom is -0.465 e. The molecule has 0 spiro atoms. The van der Waals surface area contributed by atoms with Gasteiger partial charge in [-0.15, -0.1) is 11.3 Å². The molecule has 0 amide bonds. The highest BCUT2D eigenvalue weighted by Crippen LogP contribution is 2.35. The lowest BCUT2D eigenvalue weighted by molar-refractivity contribution is -0.385. The number of para-hydroxylation sites is 1. The average molecular weight is 397 g/mol. The van der Waals surface area contributed by atoms with Gasteiger partial charge in [-0.25, -0.2) is 9.78 Å². The van der Waals surface area contributed by atoms with Gasteiger partial charge in [0.25, 0.3) is 5.69 Å². The minimum atomic E-state index is -0.696. The van der Waals surface area contributed by atoms with Crippen molar-refractivity contribution in [2.75, 3.05) is 25.1 Å². The van der Waals surface area contributed by atoms with Crippen LogP contribution in [0.15, 0.2) is 42.5 Å². The molecule has 28 heavy (non-hydrogen) atoms. The standard InChI is InChI=1S/C20H19N3O4S/c1-27-20(24)15-12-14(6-7-17(15)23(25)26)22-10-8-13(9-11-22)19-21-16-4-2-3-5-18(16)28-19/h2-7,12-13H,8-11H2,1H3. The number of anilines is 1. The van der Waals surface area contributed by atoms with Gasteiger partial charge in [0.1, 0.15) is 5.56 Å². The Morgan fingerprint density at radius 2 is 2.00 bits per heavy atom. The first-order chi connectivity index (χ1) is 13.6. The zero-order valence-corrected chi connectivity index (χ0v) is 16.1. The lowest BCUT2D eigenvalue weighted by Crippen LogP contribution is -2.33. The largest absolute Gasteiger partial charge is 0.465 e. The van der Waals surface area contributed by atoms with E-state index in [1.165, 1.54) is 22.9 Å². The first kappa shape index (κ1) is 18.4. The van der Waals surface area contributed by atoms with E-state index in [0.717, 1.165) is 37.1 Å². The van der Waals surface area contributed by atoms with Gasteiger partial charge in [-0.2, -0.15) is 0 Å². The van der Waals surface area contributed by atoms with Crippen molar-refractivity contribution in [3.63, 3.8) is 0 Å². The van der Waals surface area contributed by atoms with Gasteiger partial charge >= 0.3 is 5.97 Å². The number of hydrogen-bond donors (Lipinski definition) is 0. The highest BCUT2D eigenvalue weighted by Gasteiger charge is 2.26. The number of nitro benzene ring substituents is 1. The van der Waals surface area contributed by atoms with Gasteiger partial charge in [0, 0.05) is 30.8 Å². The molecule has 1 aliphatic heterocycles. The lowest BCUT2D eigenvalue weighted by Gasteiger charge is -2.33. The van der Waals surface area contributed by atoms with Gasteiger partial charge in [-0.05, 0) is 37.1 Å². The summed E-state index contributed by atoms with van der Waals surface area (Å²) < 4.78 is 5.91. The highest BCUT2D eigenvalue weighted by molar-refractivity contribution is 7.18. The van der Waals surface area contributed by atoms with Crippen molar-refractivity contribution in [3.05, 3.63) is 63.1 Å². The van der Waals surface area contributed by atoms with Gasteiger partial charge in [-0.1, -0.05) is 12.1 Å². The van der Waals surface area contributed by atoms with Crippen molar-refractivity contribution in [2.45, 2.75) is 18.8 Å². The van der Waals surface area contributed by atoms with E-state index in [-0.39, 0.29) is 11.3 Å². The summed E-state index contributed by atoms with van der Waals surface area (Å²) in [6.07, 6.45) is 1.90. The maximum absolute atomic E-state index is 11.9. The van der Waals surface area contributed by atoms with Crippen LogP contribution in [-0.4, -0.2) is 36.1 Å². The van der Waals surface area contributed by atoms with E-state index in [1.807, 2.05) is 18.2 Å². The molecule has 4 rings (SSSR count). The van der Waals surface area contributed by atoms with Crippen molar-refractivity contribution in [1.82, 2.24) is 4.98 Å². The Hall–Kier alpha value is -3.00. The molecule has 0 saturated carbocycles. The molecule has 0 radical (unpaired) electrons. The summed E-state index contributed by atoms with van der Waals surface area (Å²) in [6.45, 7) is 1.61. The third kappa shape index (κ3) is 3.43. The molecule has 8 heteroatoms. The van der Waals surface area contributed by atoms with E-state index in [2.05, 4.69) is 11.0 Å². The Balaban J connectivity index is 1.51. The highest BCUT2D eigenvalue weighted by atomic mass is 32.1. The first-order valence-corrected chi connectivity index (χ1v) is 9.85. The number of hydrogen-bond acceptors (Lipinski definition) is 7. The van der Waals surface area contributed by atoms with Crippen LogP contribution >= 0.6 is 11.3 Å². The molecule has 0 atom stereocenters. The smallest absolute Gasteiger partial charge is 0.344 e. The first-order valence-electron chi connectivity index (χ1n) is 9.04. The van der Waals surface area contributed by atoms with E-state index in [0.29, 0.717) is 5.92 Å². The van der Waals surface area contributed by atoms with Crippen LogP contribution in [0.25, 0.3) is 10.2 Å². The van der Waals surface area contributed by atoms with Gasteiger partial charge in [0.2, 0.25) is 0 Å². The van der Waals surface area contributed by atoms with Crippen LogP contribution in [0.3, 0.4) is 0 Å². The number of carbonyl (C=O) groups excluding carboxylic acids is 1. The quantitative estimate of drug-likeness (QED) is 0.369. The number of thiazole rings is 1. The Kier molecular flexibility index (Phi) is 4.95. The third-order valence-corrected chi connectivity index (χ3v) is 6.30. The summed E-state index contributed by atoms with van der Waals surface area (Å²) in [4.78, 5) is 29.5. The number of aromatic nitrogens is 1. The predicted octanol–water partition coefficient (Wildman–Crippen LogP) is 4.38. The molecule has 7 nitrogen and oxygen atoms in total. The monoisotopic (exact) mass is 397 g/mol. The number of fused-ring (bicyclic) bond motifs is 1. The van der Waals surface area contributed by atoms with Gasteiger partial charge < -0.3 is 9.64 Å². The van der Waals surface area contributed by atoms with E-state index in [9.17, 15) is 14.9 Å². The SMILES string of the molecule is COC(=O)c1cc(N2CCC(c3nc4ccccc4s3)CC2)ccc1[N+](=O)[O-]. The third-order valence-electron chi connectivity index (χ3n) is 5.10. The number of nitro groups is 1. The summed E-state index contributed by atoms with van der Waals surface area (Å²) in [7, 11) is 1.22. The number of ether oxygens (including phenoxy) is 1. The Morgan fingerprint density at radius 1 is 1.25 bits per heavy atom. The molecule has 1 aromatic heterocycles. The van der Waals surface area contributed by atoms with E-state index in [1.54, 1.807) is 23.5 Å². The van der Waals surface area contributed by atoms with Gasteiger partial charge in [0.15, 0.2) is 0 Å². The van der Waals surface area contributed by atoms with Crippen molar-refractivity contribution in [3.8, 4) is 0 Å². The summed E-state index contributed by atoms with van der Waals surface area (Å²) in [6, 6.07) is 12.8. The molecule has 1 saturated heterocycles. The van der Waals surface area contributed by atoms with Crippen molar-refractivity contribution in [2.24, 2.45) is 0 Å². The normalized spacial score (nSPS) is 15.0. The molecule has 0 aliphatic carbocycles. The molecule has 3 aromatic rings. The van der Waals surface area contributed by atoms with Crippen LogP contribution in [0.1, 0.15) is 34.1 Å². The lowest BCUT2D eigenvalue weighted by atomic mass is 9.97. The molecule has 0 bridgehead atoms. The average Bonchev–Trinajstić information content (AvgIpc) is 3.17. The van der Waals surface area contributed by atoms with Crippen molar-refractivity contribution in [1.29, 1.82) is 0 Å². The van der Waals surface area contributed by atoms with Crippen LogP contribution in [0, 0.1) is 10.1 Å². The molecular formula is C20H19N3O4S. The van der Waals surface area contributed by atoms with Crippen LogP contribution in [0.2, 0.25) is 0 Å². The molecule has 0 N–H and O–H groups in total. The predicted molar refractivity (Wildman–Crippen MR) is 108 cm³/mol. The van der Waals surface area contributed by atoms with E-state index < -0.39 is 10.9 Å². The second-order valence-electron chi connectivity index (χ2n) is 6.73. The van der Waals surface area contributed by atoms with E-state index in [4.69, 9.17) is 9.72 Å². The second kappa shape index (κ2) is 7.55. The molecule has 2 heterocycles. The van der Waals surface area contributed by atoms with Crippen molar-refractivity contribution < 1.29 is 14.5 Å². The number of benzene rings is 2. The van der Waals surface area contributed by atoms with Crippen LogP contribution < -0.4 is 4.90 Å². The fourth-order valence-electron chi connectivity index (χ4n) is 3.60. The molecular weight excluding hydrogens is 378 g/mol. The zero-order chi connectivity index (χ0) is 19.7. The number of nitrogens with zero attached hydrogens (tertiary/aromatic N) is 3. The topological polar surface area (TPSA) is 85.6 Å². The molecule has 144 valence electrons. The van der Waals surface area contributed by atoms with Crippen LogP contribution in [0.5, 0.6) is 0 Å².